The van der Waals surface area contributed by atoms with Crippen LogP contribution in [-0.4, -0.2) is 20.9 Å². The molecule has 0 aliphatic heterocycles. The second-order valence-electron chi connectivity index (χ2n) is 5.69. The van der Waals surface area contributed by atoms with E-state index in [9.17, 15) is 4.79 Å². The molecule has 0 radical (unpaired) electrons. The van der Waals surface area contributed by atoms with Crippen molar-refractivity contribution in [1.29, 1.82) is 5.26 Å². The van der Waals surface area contributed by atoms with Crippen LogP contribution in [0, 0.1) is 18.3 Å². The Hall–Kier alpha value is -3.99. The van der Waals surface area contributed by atoms with Gasteiger partial charge in [-0.05, 0) is 37.3 Å². The predicted octanol–water partition coefficient (Wildman–Crippen LogP) is 2.73. The molecule has 0 aliphatic carbocycles. The Labute approximate surface area is 155 Å². The molecule has 1 aromatic heterocycles. The second-order valence-corrected chi connectivity index (χ2v) is 5.69. The molecule has 0 atom stereocenters. The topological polar surface area (TPSA) is 127 Å². The molecule has 134 valence electrons. The number of benzene rings is 2. The van der Waals surface area contributed by atoms with Crippen molar-refractivity contribution in [2.24, 2.45) is 0 Å². The van der Waals surface area contributed by atoms with Crippen LogP contribution >= 0.6 is 0 Å². The Morgan fingerprint density at radius 3 is 2.70 bits per heavy atom. The number of hydrogen-bond acceptors (Lipinski definition) is 8. The molecule has 3 rings (SSSR count). The van der Waals surface area contributed by atoms with Gasteiger partial charge in [-0.2, -0.15) is 20.2 Å². The van der Waals surface area contributed by atoms with Crippen molar-refractivity contribution < 1.29 is 9.53 Å². The number of nitrogens with two attached hydrogens (primary N) is 1. The van der Waals surface area contributed by atoms with Gasteiger partial charge in [0.05, 0.1) is 17.2 Å². The molecule has 0 aliphatic rings. The van der Waals surface area contributed by atoms with Gasteiger partial charge < -0.3 is 15.8 Å². The SMILES string of the molecule is Cc1ccc(Nc2nc(N)nc(COC(=O)c3cccc(C#N)c3)n2)cc1. The van der Waals surface area contributed by atoms with E-state index >= 15 is 0 Å². The Kier molecular flexibility index (Phi) is 5.23. The zero-order valence-electron chi connectivity index (χ0n) is 14.5. The van der Waals surface area contributed by atoms with Crippen LogP contribution in [0.1, 0.15) is 27.3 Å². The molecule has 8 heteroatoms. The van der Waals surface area contributed by atoms with Crippen molar-refractivity contribution in [3.8, 4) is 6.07 Å². The van der Waals surface area contributed by atoms with E-state index in [1.807, 2.05) is 37.3 Å². The maximum absolute atomic E-state index is 12.1. The van der Waals surface area contributed by atoms with Gasteiger partial charge in [-0.25, -0.2) is 4.79 Å². The van der Waals surface area contributed by atoms with Crippen LogP contribution in [0.15, 0.2) is 48.5 Å². The Morgan fingerprint density at radius 2 is 1.96 bits per heavy atom. The van der Waals surface area contributed by atoms with E-state index in [0.717, 1.165) is 11.3 Å². The highest BCUT2D eigenvalue weighted by molar-refractivity contribution is 5.89. The molecule has 3 aromatic rings. The number of carbonyl (C=O) groups excluding carboxylic acids is 1. The molecule has 0 bridgehead atoms. The summed E-state index contributed by atoms with van der Waals surface area (Å²) < 4.78 is 5.21. The van der Waals surface area contributed by atoms with Crippen molar-refractivity contribution in [1.82, 2.24) is 15.0 Å². The van der Waals surface area contributed by atoms with Gasteiger partial charge in [0.1, 0.15) is 0 Å². The van der Waals surface area contributed by atoms with Crippen LogP contribution < -0.4 is 11.1 Å². The summed E-state index contributed by atoms with van der Waals surface area (Å²) >= 11 is 0. The number of nitrogens with zero attached hydrogens (tertiary/aromatic N) is 4. The minimum Gasteiger partial charge on any atom is -0.454 e. The van der Waals surface area contributed by atoms with Crippen molar-refractivity contribution in [3.05, 3.63) is 71.0 Å². The molecule has 1 heterocycles. The van der Waals surface area contributed by atoms with Gasteiger partial charge in [-0.15, -0.1) is 0 Å². The fraction of sp³-hybridized carbons (Fsp3) is 0.105. The van der Waals surface area contributed by atoms with Crippen molar-refractivity contribution in [2.45, 2.75) is 13.5 Å². The summed E-state index contributed by atoms with van der Waals surface area (Å²) in [4.78, 5) is 24.3. The molecular weight excluding hydrogens is 344 g/mol. The summed E-state index contributed by atoms with van der Waals surface area (Å²) in [7, 11) is 0. The van der Waals surface area contributed by atoms with Crippen LogP contribution in [0.3, 0.4) is 0 Å². The van der Waals surface area contributed by atoms with Crippen molar-refractivity contribution >= 4 is 23.6 Å². The molecule has 27 heavy (non-hydrogen) atoms. The molecule has 3 N–H and O–H groups in total. The zero-order chi connectivity index (χ0) is 19.2. The monoisotopic (exact) mass is 360 g/mol. The number of aromatic nitrogens is 3. The Balaban J connectivity index is 1.69. The highest BCUT2D eigenvalue weighted by Gasteiger charge is 2.11. The summed E-state index contributed by atoms with van der Waals surface area (Å²) in [5, 5.41) is 11.9. The van der Waals surface area contributed by atoms with Crippen LogP contribution in [0.2, 0.25) is 0 Å². The smallest absolute Gasteiger partial charge is 0.338 e. The first-order chi connectivity index (χ1) is 13.0. The third kappa shape index (κ3) is 4.76. The van der Waals surface area contributed by atoms with E-state index in [2.05, 4.69) is 20.3 Å². The first-order valence-electron chi connectivity index (χ1n) is 8.05. The number of aryl methyl sites for hydroxylation is 1. The first kappa shape index (κ1) is 17.8. The summed E-state index contributed by atoms with van der Waals surface area (Å²) in [6.07, 6.45) is 0. The predicted molar refractivity (Wildman–Crippen MR) is 99.0 cm³/mol. The van der Waals surface area contributed by atoms with Gasteiger partial charge in [-0.3, -0.25) is 0 Å². The molecule has 8 nitrogen and oxygen atoms in total. The number of nitrogen functional groups attached to an aromatic ring is 1. The van der Waals surface area contributed by atoms with Crippen molar-refractivity contribution in [2.75, 3.05) is 11.1 Å². The van der Waals surface area contributed by atoms with Gasteiger partial charge in [-0.1, -0.05) is 23.8 Å². The average molecular weight is 360 g/mol. The molecule has 0 saturated heterocycles. The number of hydrogen-bond donors (Lipinski definition) is 2. The third-order valence-corrected chi connectivity index (χ3v) is 3.57. The number of rotatable bonds is 5. The third-order valence-electron chi connectivity index (χ3n) is 3.57. The largest absolute Gasteiger partial charge is 0.454 e. The number of carbonyl (C=O) groups is 1. The molecule has 0 saturated carbocycles. The van der Waals surface area contributed by atoms with E-state index in [1.165, 1.54) is 6.07 Å². The van der Waals surface area contributed by atoms with E-state index in [0.29, 0.717) is 5.56 Å². The highest BCUT2D eigenvalue weighted by atomic mass is 16.5. The first-order valence-corrected chi connectivity index (χ1v) is 8.05. The molecule has 0 spiro atoms. The van der Waals surface area contributed by atoms with E-state index in [-0.39, 0.29) is 29.9 Å². The van der Waals surface area contributed by atoms with E-state index in [4.69, 9.17) is 15.7 Å². The van der Waals surface area contributed by atoms with Gasteiger partial charge >= 0.3 is 5.97 Å². The Bertz CT molecular complexity index is 1010. The molecule has 0 amide bonds. The summed E-state index contributed by atoms with van der Waals surface area (Å²) in [6.45, 7) is 1.81. The highest BCUT2D eigenvalue weighted by Crippen LogP contribution is 2.15. The van der Waals surface area contributed by atoms with Crippen molar-refractivity contribution in [3.63, 3.8) is 0 Å². The normalized spacial score (nSPS) is 10.1. The molecular formula is C19H16N6O2. The van der Waals surface area contributed by atoms with E-state index < -0.39 is 5.97 Å². The number of nitriles is 1. The maximum Gasteiger partial charge on any atom is 0.338 e. The molecule has 0 unspecified atom stereocenters. The second kappa shape index (κ2) is 7.93. The standard InChI is InChI=1S/C19H16N6O2/c1-12-5-7-15(8-6-12)22-19-24-16(23-18(21)25-19)11-27-17(26)14-4-2-3-13(9-14)10-20/h2-9H,11H2,1H3,(H3,21,22,23,24,25). The maximum atomic E-state index is 12.1. The quantitative estimate of drug-likeness (QED) is 0.665. The minimum absolute atomic E-state index is 0.0112. The zero-order valence-corrected chi connectivity index (χ0v) is 14.5. The van der Waals surface area contributed by atoms with Gasteiger partial charge in [0.2, 0.25) is 11.9 Å². The minimum atomic E-state index is -0.584. The lowest BCUT2D eigenvalue weighted by Gasteiger charge is -2.08. The lowest BCUT2D eigenvalue weighted by molar-refractivity contribution is 0.0462. The molecule has 0 fully saturated rings. The number of esters is 1. The van der Waals surface area contributed by atoms with Crippen LogP contribution in [0.5, 0.6) is 0 Å². The lowest BCUT2D eigenvalue weighted by atomic mass is 10.1. The molecule has 2 aromatic carbocycles. The summed E-state index contributed by atoms with van der Waals surface area (Å²) in [6, 6.07) is 15.9. The number of nitrogens with one attached hydrogen (secondary N) is 1. The fourth-order valence-electron chi connectivity index (χ4n) is 2.25. The van der Waals surface area contributed by atoms with Crippen LogP contribution in [0.25, 0.3) is 0 Å². The Morgan fingerprint density at radius 1 is 1.19 bits per heavy atom. The number of ether oxygens (including phenoxy) is 1. The van der Waals surface area contributed by atoms with E-state index in [1.54, 1.807) is 18.2 Å². The number of anilines is 3. The average Bonchev–Trinajstić information content (AvgIpc) is 2.67. The van der Waals surface area contributed by atoms with Crippen LogP contribution in [0.4, 0.5) is 17.6 Å². The van der Waals surface area contributed by atoms with Gasteiger partial charge in [0, 0.05) is 5.69 Å². The van der Waals surface area contributed by atoms with Gasteiger partial charge in [0.25, 0.3) is 0 Å². The van der Waals surface area contributed by atoms with Crippen LogP contribution in [-0.2, 0) is 11.3 Å². The fourth-order valence-corrected chi connectivity index (χ4v) is 2.25. The summed E-state index contributed by atoms with van der Waals surface area (Å²) in [5.41, 5.74) is 8.28. The lowest BCUT2D eigenvalue weighted by Crippen LogP contribution is -2.11. The van der Waals surface area contributed by atoms with Gasteiger partial charge in [0.15, 0.2) is 12.4 Å². The summed E-state index contributed by atoms with van der Waals surface area (Å²) in [5.74, 6) is -0.109.